The second-order valence-corrected chi connectivity index (χ2v) is 3.56. The van der Waals surface area contributed by atoms with Gasteiger partial charge >= 0.3 is 6.03 Å². The van der Waals surface area contributed by atoms with Crippen molar-refractivity contribution in [2.24, 2.45) is 5.73 Å². The van der Waals surface area contributed by atoms with E-state index in [1.54, 1.807) is 25.4 Å². The van der Waals surface area contributed by atoms with Crippen LogP contribution in [0.15, 0.2) is 16.8 Å². The van der Waals surface area contributed by atoms with Crippen LogP contribution in [0, 0.1) is 0 Å². The first-order valence-electron chi connectivity index (χ1n) is 4.14. The van der Waals surface area contributed by atoms with Gasteiger partial charge in [0.05, 0.1) is 6.17 Å². The molecule has 0 aliphatic rings. The summed E-state index contributed by atoms with van der Waals surface area (Å²) in [5, 5.41) is 7.69. The molecule has 0 radical (unpaired) electrons. The Morgan fingerprint density at radius 3 is 2.93 bits per heavy atom. The fraction of sp³-hybridized carbons (Fsp3) is 0.375. The first kappa shape index (κ1) is 11.0. The Labute approximate surface area is 86.9 Å². The predicted molar refractivity (Wildman–Crippen MR) is 56.6 cm³/mol. The van der Waals surface area contributed by atoms with Crippen LogP contribution in [0.3, 0.4) is 0 Å². The molecule has 6 heteroatoms. The Morgan fingerprint density at radius 2 is 2.43 bits per heavy atom. The number of nitrogens with one attached hydrogen (secondary N) is 2. The summed E-state index contributed by atoms with van der Waals surface area (Å²) in [5.74, 6) is 0. The number of carbonyl (C=O) groups excluding carboxylic acids is 1. The average molecular weight is 214 g/mol. The molecule has 1 heterocycles. The molecule has 78 valence electrons. The first-order chi connectivity index (χ1) is 6.65. The molecule has 14 heavy (non-hydrogen) atoms. The van der Waals surface area contributed by atoms with Gasteiger partial charge in [0, 0.05) is 14.1 Å². The lowest BCUT2D eigenvalue weighted by molar-refractivity contribution is 0.177. The van der Waals surface area contributed by atoms with Crippen molar-refractivity contribution in [1.29, 1.82) is 0 Å². The quantitative estimate of drug-likeness (QED) is 0.506. The van der Waals surface area contributed by atoms with Gasteiger partial charge in [0.1, 0.15) is 0 Å². The minimum atomic E-state index is -0.358. The van der Waals surface area contributed by atoms with Crippen molar-refractivity contribution in [2.45, 2.75) is 6.17 Å². The van der Waals surface area contributed by atoms with E-state index < -0.39 is 0 Å². The lowest BCUT2D eigenvalue weighted by atomic mass is 10.3. The molecular weight excluding hydrogens is 200 g/mol. The van der Waals surface area contributed by atoms with Crippen molar-refractivity contribution in [3.63, 3.8) is 0 Å². The molecule has 0 aliphatic carbocycles. The number of nitrogens with zero attached hydrogens (tertiary/aromatic N) is 1. The maximum atomic E-state index is 11.1. The number of hydrazine groups is 1. The summed E-state index contributed by atoms with van der Waals surface area (Å²) >= 11 is 1.57. The molecule has 0 aromatic carbocycles. The van der Waals surface area contributed by atoms with E-state index in [0.29, 0.717) is 0 Å². The van der Waals surface area contributed by atoms with Crippen LogP contribution in [0.4, 0.5) is 4.79 Å². The third-order valence-electron chi connectivity index (χ3n) is 1.75. The van der Waals surface area contributed by atoms with Crippen molar-refractivity contribution in [3.05, 3.63) is 22.4 Å². The zero-order valence-corrected chi connectivity index (χ0v) is 8.97. The molecule has 1 atom stereocenters. The number of urea groups is 1. The normalized spacial score (nSPS) is 12.2. The van der Waals surface area contributed by atoms with Crippen LogP contribution in [0.25, 0.3) is 0 Å². The van der Waals surface area contributed by atoms with Gasteiger partial charge in [-0.05, 0) is 22.4 Å². The highest BCUT2D eigenvalue weighted by Gasteiger charge is 2.11. The third-order valence-corrected chi connectivity index (χ3v) is 2.46. The van der Waals surface area contributed by atoms with E-state index in [4.69, 9.17) is 5.73 Å². The highest BCUT2D eigenvalue weighted by molar-refractivity contribution is 7.07. The summed E-state index contributed by atoms with van der Waals surface area (Å²) in [6.45, 7) is 0. The van der Waals surface area contributed by atoms with Crippen molar-refractivity contribution in [2.75, 3.05) is 14.1 Å². The summed E-state index contributed by atoms with van der Waals surface area (Å²) in [6.07, 6.45) is -0.358. The minimum Gasteiger partial charge on any atom is -0.340 e. The maximum Gasteiger partial charge on any atom is 0.331 e. The summed E-state index contributed by atoms with van der Waals surface area (Å²) in [5.41, 5.74) is 9.61. The van der Waals surface area contributed by atoms with Crippen molar-refractivity contribution in [1.82, 2.24) is 15.8 Å². The van der Waals surface area contributed by atoms with Gasteiger partial charge in [0.25, 0.3) is 0 Å². The van der Waals surface area contributed by atoms with Gasteiger partial charge in [0.15, 0.2) is 0 Å². The molecule has 0 saturated heterocycles. The van der Waals surface area contributed by atoms with Crippen LogP contribution >= 0.6 is 11.3 Å². The fourth-order valence-electron chi connectivity index (χ4n) is 0.961. The molecule has 0 saturated carbocycles. The van der Waals surface area contributed by atoms with Gasteiger partial charge in [-0.2, -0.15) is 11.3 Å². The van der Waals surface area contributed by atoms with Crippen LogP contribution in [-0.2, 0) is 0 Å². The topological polar surface area (TPSA) is 70.4 Å². The fourth-order valence-corrected chi connectivity index (χ4v) is 1.66. The van der Waals surface area contributed by atoms with Gasteiger partial charge in [-0.25, -0.2) is 10.2 Å². The smallest absolute Gasteiger partial charge is 0.331 e. The molecule has 1 rings (SSSR count). The highest BCUT2D eigenvalue weighted by atomic mass is 32.1. The van der Waals surface area contributed by atoms with E-state index in [1.807, 2.05) is 16.8 Å². The second kappa shape index (κ2) is 4.94. The maximum absolute atomic E-state index is 11.1. The molecule has 5 nitrogen and oxygen atoms in total. The van der Waals surface area contributed by atoms with E-state index in [1.165, 1.54) is 5.01 Å². The third kappa shape index (κ3) is 2.69. The molecule has 1 aromatic rings. The number of thiophene rings is 1. The van der Waals surface area contributed by atoms with Crippen LogP contribution in [0.2, 0.25) is 0 Å². The van der Waals surface area contributed by atoms with E-state index in [0.717, 1.165) is 5.56 Å². The lowest BCUT2D eigenvalue weighted by Gasteiger charge is -2.22. The van der Waals surface area contributed by atoms with E-state index in [2.05, 4.69) is 10.7 Å². The van der Waals surface area contributed by atoms with E-state index in [-0.39, 0.29) is 12.2 Å². The largest absolute Gasteiger partial charge is 0.340 e. The first-order valence-corrected chi connectivity index (χ1v) is 5.08. The zero-order valence-electron chi connectivity index (χ0n) is 8.15. The predicted octanol–water partition coefficient (Wildman–Crippen LogP) is 0.481. The number of nitrogens with two attached hydrogens (primary N) is 1. The zero-order chi connectivity index (χ0) is 10.6. The highest BCUT2D eigenvalue weighted by Crippen LogP contribution is 2.11. The SMILES string of the molecule is CNC(=O)N(C)NC(N)c1ccsc1. The molecule has 0 fully saturated rings. The van der Waals surface area contributed by atoms with Gasteiger partial charge in [-0.3, -0.25) is 5.01 Å². The van der Waals surface area contributed by atoms with Gasteiger partial charge in [0.2, 0.25) is 0 Å². The molecule has 0 spiro atoms. The Balaban J connectivity index is 2.49. The number of hydrogen-bond acceptors (Lipinski definition) is 4. The van der Waals surface area contributed by atoms with Crippen molar-refractivity contribution < 1.29 is 4.79 Å². The van der Waals surface area contributed by atoms with E-state index >= 15 is 0 Å². The molecule has 2 amide bonds. The molecule has 4 N–H and O–H groups in total. The number of amides is 2. The van der Waals surface area contributed by atoms with Gasteiger partial charge < -0.3 is 11.1 Å². The molecule has 0 bridgehead atoms. The van der Waals surface area contributed by atoms with E-state index in [9.17, 15) is 4.79 Å². The number of hydrogen-bond donors (Lipinski definition) is 3. The number of carbonyl (C=O) groups is 1. The number of rotatable bonds is 3. The summed E-state index contributed by atoms with van der Waals surface area (Å²) in [7, 11) is 3.18. The van der Waals surface area contributed by atoms with Gasteiger partial charge in [-0.1, -0.05) is 0 Å². The summed E-state index contributed by atoms with van der Waals surface area (Å²) < 4.78 is 0. The second-order valence-electron chi connectivity index (χ2n) is 2.78. The molecule has 1 aromatic heterocycles. The van der Waals surface area contributed by atoms with Crippen LogP contribution in [-0.4, -0.2) is 25.1 Å². The molecule has 0 aliphatic heterocycles. The Bertz CT molecular complexity index is 288. The van der Waals surface area contributed by atoms with Crippen LogP contribution in [0.5, 0.6) is 0 Å². The Hall–Kier alpha value is -1.11. The molecule has 1 unspecified atom stereocenters. The Morgan fingerprint density at radius 1 is 1.71 bits per heavy atom. The molecular formula is C8H14N4OS. The summed E-state index contributed by atoms with van der Waals surface area (Å²) in [6, 6.07) is 1.69. The average Bonchev–Trinajstić information content (AvgIpc) is 2.69. The van der Waals surface area contributed by atoms with Crippen molar-refractivity contribution in [3.8, 4) is 0 Å². The van der Waals surface area contributed by atoms with Crippen molar-refractivity contribution >= 4 is 17.4 Å². The van der Waals surface area contributed by atoms with Crippen LogP contribution < -0.4 is 16.5 Å². The van der Waals surface area contributed by atoms with Gasteiger partial charge in [-0.15, -0.1) is 0 Å². The minimum absolute atomic E-state index is 0.226. The Kier molecular flexibility index (Phi) is 3.87. The lowest BCUT2D eigenvalue weighted by Crippen LogP contribution is -2.48. The van der Waals surface area contributed by atoms with Crippen LogP contribution in [0.1, 0.15) is 11.7 Å². The standard InChI is InChI=1S/C8H14N4OS/c1-10-8(13)12(2)11-7(9)6-3-4-14-5-6/h3-5,7,11H,9H2,1-2H3,(H,10,13). The summed E-state index contributed by atoms with van der Waals surface area (Å²) in [4.78, 5) is 11.1. The monoisotopic (exact) mass is 214 g/mol.